The van der Waals surface area contributed by atoms with E-state index in [4.69, 9.17) is 0 Å². The molecule has 0 fully saturated rings. The Labute approximate surface area is 106 Å². The molecule has 1 unspecified atom stereocenters. The van der Waals surface area contributed by atoms with Gasteiger partial charge in [0.25, 0.3) is 0 Å². The molecular weight excluding hydrogens is 230 g/mol. The van der Waals surface area contributed by atoms with E-state index in [0.29, 0.717) is 6.04 Å². The molecular formula is C13H19N3S. The van der Waals surface area contributed by atoms with E-state index in [1.54, 1.807) is 11.3 Å². The van der Waals surface area contributed by atoms with Crippen LogP contribution in [0.15, 0.2) is 18.2 Å². The average molecular weight is 249 g/mol. The molecule has 0 radical (unpaired) electrons. The van der Waals surface area contributed by atoms with Gasteiger partial charge in [-0.05, 0) is 45.6 Å². The van der Waals surface area contributed by atoms with Crippen LogP contribution in [0.1, 0.15) is 12.5 Å². The molecule has 1 atom stereocenters. The van der Waals surface area contributed by atoms with E-state index in [1.807, 2.05) is 0 Å². The van der Waals surface area contributed by atoms with Gasteiger partial charge in [0.2, 0.25) is 0 Å². The molecule has 0 saturated carbocycles. The number of rotatable bonds is 4. The summed E-state index contributed by atoms with van der Waals surface area (Å²) < 4.78 is 1.25. The largest absolute Gasteiger partial charge is 0.358 e. The van der Waals surface area contributed by atoms with Gasteiger partial charge in [-0.3, -0.25) is 0 Å². The second kappa shape index (κ2) is 5.02. The van der Waals surface area contributed by atoms with Crippen molar-refractivity contribution in [2.75, 3.05) is 26.0 Å². The number of aromatic nitrogens is 1. The number of anilines is 1. The van der Waals surface area contributed by atoms with Gasteiger partial charge >= 0.3 is 0 Å². The number of fused-ring (bicyclic) bond motifs is 1. The summed E-state index contributed by atoms with van der Waals surface area (Å²) >= 11 is 1.72. The molecule has 4 heteroatoms. The first-order valence-electron chi connectivity index (χ1n) is 5.83. The maximum atomic E-state index is 4.61. The third-order valence-corrected chi connectivity index (χ3v) is 3.52. The first-order valence-corrected chi connectivity index (χ1v) is 6.64. The Bertz CT molecular complexity index is 504. The zero-order valence-corrected chi connectivity index (χ0v) is 11.6. The number of nitrogens with zero attached hydrogens (tertiary/aromatic N) is 2. The molecule has 17 heavy (non-hydrogen) atoms. The van der Waals surface area contributed by atoms with Crippen molar-refractivity contribution in [3.8, 4) is 0 Å². The van der Waals surface area contributed by atoms with Crippen molar-refractivity contribution in [2.24, 2.45) is 0 Å². The highest BCUT2D eigenvalue weighted by atomic mass is 32.1. The second-order valence-electron chi connectivity index (χ2n) is 4.80. The maximum Gasteiger partial charge on any atom is 0.184 e. The van der Waals surface area contributed by atoms with Crippen LogP contribution in [0.25, 0.3) is 10.2 Å². The number of nitrogens with one attached hydrogen (secondary N) is 1. The predicted molar refractivity (Wildman–Crippen MR) is 76.0 cm³/mol. The Kier molecular flexibility index (Phi) is 3.64. The topological polar surface area (TPSA) is 28.2 Å². The monoisotopic (exact) mass is 249 g/mol. The van der Waals surface area contributed by atoms with Crippen LogP contribution >= 0.6 is 11.3 Å². The summed E-state index contributed by atoms with van der Waals surface area (Å²) in [6.07, 6.45) is 0. The van der Waals surface area contributed by atoms with Crippen LogP contribution in [0, 0.1) is 6.92 Å². The SMILES string of the molecule is Cc1ccc2sc(NC(C)CN(C)C)nc2c1. The number of likely N-dealkylation sites (N-methyl/N-ethyl adjacent to an activating group) is 1. The van der Waals surface area contributed by atoms with Crippen LogP contribution in [0.3, 0.4) is 0 Å². The van der Waals surface area contributed by atoms with Crippen molar-refractivity contribution in [1.29, 1.82) is 0 Å². The molecule has 1 aromatic heterocycles. The van der Waals surface area contributed by atoms with Gasteiger partial charge in [-0.1, -0.05) is 17.4 Å². The molecule has 1 N–H and O–H groups in total. The van der Waals surface area contributed by atoms with Crippen LogP contribution in [-0.4, -0.2) is 36.6 Å². The van der Waals surface area contributed by atoms with E-state index < -0.39 is 0 Å². The lowest BCUT2D eigenvalue weighted by molar-refractivity contribution is 0.392. The lowest BCUT2D eigenvalue weighted by Gasteiger charge is -2.17. The van der Waals surface area contributed by atoms with Gasteiger partial charge in [-0.15, -0.1) is 0 Å². The molecule has 0 aliphatic heterocycles. The van der Waals surface area contributed by atoms with E-state index in [-0.39, 0.29) is 0 Å². The van der Waals surface area contributed by atoms with Crippen molar-refractivity contribution in [2.45, 2.75) is 19.9 Å². The lowest BCUT2D eigenvalue weighted by atomic mass is 10.2. The normalized spacial score (nSPS) is 13.2. The molecule has 2 aromatic rings. The molecule has 2 rings (SSSR count). The zero-order chi connectivity index (χ0) is 12.4. The summed E-state index contributed by atoms with van der Waals surface area (Å²) in [5, 5.41) is 4.46. The van der Waals surface area contributed by atoms with Crippen LogP contribution in [0.5, 0.6) is 0 Å². The number of hydrogen-bond acceptors (Lipinski definition) is 4. The first-order chi connectivity index (χ1) is 8.04. The molecule has 0 amide bonds. The zero-order valence-electron chi connectivity index (χ0n) is 10.8. The maximum absolute atomic E-state index is 4.61. The smallest absolute Gasteiger partial charge is 0.184 e. The standard InChI is InChI=1S/C13H19N3S/c1-9-5-6-12-11(7-9)15-13(17-12)14-10(2)8-16(3)4/h5-7,10H,8H2,1-4H3,(H,14,15). The molecule has 3 nitrogen and oxygen atoms in total. The summed E-state index contributed by atoms with van der Waals surface area (Å²) in [7, 11) is 4.17. The van der Waals surface area contributed by atoms with Crippen LogP contribution in [-0.2, 0) is 0 Å². The van der Waals surface area contributed by atoms with Gasteiger partial charge in [-0.25, -0.2) is 4.98 Å². The number of hydrogen-bond donors (Lipinski definition) is 1. The van der Waals surface area contributed by atoms with E-state index in [0.717, 1.165) is 17.2 Å². The summed E-state index contributed by atoms with van der Waals surface area (Å²) in [5.41, 5.74) is 2.35. The van der Waals surface area contributed by atoms with Crippen molar-refractivity contribution < 1.29 is 0 Å². The molecule has 0 aliphatic rings. The van der Waals surface area contributed by atoms with Crippen molar-refractivity contribution in [3.63, 3.8) is 0 Å². The van der Waals surface area contributed by atoms with E-state index in [1.165, 1.54) is 10.3 Å². The van der Waals surface area contributed by atoms with E-state index >= 15 is 0 Å². The molecule has 0 bridgehead atoms. The summed E-state index contributed by atoms with van der Waals surface area (Å²) in [6.45, 7) is 5.28. The minimum atomic E-state index is 0.409. The van der Waals surface area contributed by atoms with Gasteiger partial charge in [-0.2, -0.15) is 0 Å². The Balaban J connectivity index is 2.14. The van der Waals surface area contributed by atoms with Gasteiger partial charge in [0, 0.05) is 12.6 Å². The highest BCUT2D eigenvalue weighted by Crippen LogP contribution is 2.26. The number of benzene rings is 1. The van der Waals surface area contributed by atoms with Crippen molar-refractivity contribution in [1.82, 2.24) is 9.88 Å². The average Bonchev–Trinajstić information content (AvgIpc) is 2.57. The van der Waals surface area contributed by atoms with Crippen molar-refractivity contribution in [3.05, 3.63) is 23.8 Å². The second-order valence-corrected chi connectivity index (χ2v) is 5.83. The summed E-state index contributed by atoms with van der Waals surface area (Å²) in [5.74, 6) is 0. The van der Waals surface area contributed by atoms with Gasteiger partial charge in [0.15, 0.2) is 5.13 Å². The molecule has 1 heterocycles. The van der Waals surface area contributed by atoms with Gasteiger partial charge in [0.05, 0.1) is 10.2 Å². The molecule has 92 valence electrons. The quantitative estimate of drug-likeness (QED) is 0.903. The third kappa shape index (κ3) is 3.17. The van der Waals surface area contributed by atoms with E-state index in [2.05, 4.69) is 61.3 Å². The van der Waals surface area contributed by atoms with Gasteiger partial charge < -0.3 is 10.2 Å². The molecule has 0 saturated heterocycles. The number of thiazole rings is 1. The van der Waals surface area contributed by atoms with Crippen LogP contribution < -0.4 is 5.32 Å². The Morgan fingerprint density at radius 1 is 1.41 bits per heavy atom. The summed E-state index contributed by atoms with van der Waals surface area (Å²) in [4.78, 5) is 6.79. The highest BCUT2D eigenvalue weighted by Gasteiger charge is 2.07. The Hall–Kier alpha value is -1.13. The summed E-state index contributed by atoms with van der Waals surface area (Å²) in [6, 6.07) is 6.82. The Morgan fingerprint density at radius 3 is 2.88 bits per heavy atom. The molecule has 0 aliphatic carbocycles. The molecule has 0 spiro atoms. The number of aryl methyl sites for hydroxylation is 1. The Morgan fingerprint density at radius 2 is 2.18 bits per heavy atom. The van der Waals surface area contributed by atoms with Crippen molar-refractivity contribution >= 4 is 26.7 Å². The van der Waals surface area contributed by atoms with Crippen LogP contribution in [0.2, 0.25) is 0 Å². The van der Waals surface area contributed by atoms with E-state index in [9.17, 15) is 0 Å². The lowest BCUT2D eigenvalue weighted by Crippen LogP contribution is -2.29. The highest BCUT2D eigenvalue weighted by molar-refractivity contribution is 7.22. The first kappa shape index (κ1) is 12.3. The fourth-order valence-corrected chi connectivity index (χ4v) is 2.86. The van der Waals surface area contributed by atoms with Gasteiger partial charge in [0.1, 0.15) is 0 Å². The minimum Gasteiger partial charge on any atom is -0.358 e. The fourth-order valence-electron chi connectivity index (χ4n) is 1.90. The fraction of sp³-hybridized carbons (Fsp3) is 0.462. The predicted octanol–water partition coefficient (Wildman–Crippen LogP) is 2.97. The minimum absolute atomic E-state index is 0.409. The third-order valence-electron chi connectivity index (χ3n) is 2.55. The molecule has 1 aromatic carbocycles. The van der Waals surface area contributed by atoms with Crippen LogP contribution in [0.4, 0.5) is 5.13 Å².